The summed E-state index contributed by atoms with van der Waals surface area (Å²) in [6, 6.07) is -0.436. The second kappa shape index (κ2) is 9.28. The molecule has 174 valence electrons. The molecular weight excluding hydrogens is 421 g/mol. The van der Waals surface area contributed by atoms with E-state index in [-0.39, 0.29) is 18.5 Å². The lowest BCUT2D eigenvalue weighted by molar-refractivity contribution is -0.147. The van der Waals surface area contributed by atoms with Gasteiger partial charge in [0.2, 0.25) is 11.7 Å². The number of carbonyl (C=O) groups is 2. The monoisotopic (exact) mass is 448 g/mol. The van der Waals surface area contributed by atoms with Gasteiger partial charge in [-0.15, -0.1) is 5.10 Å². The van der Waals surface area contributed by atoms with Gasteiger partial charge in [0.1, 0.15) is 0 Å². The maximum Gasteiger partial charge on any atom is 0.451 e. The van der Waals surface area contributed by atoms with Crippen molar-refractivity contribution in [3.8, 4) is 0 Å². The minimum absolute atomic E-state index is 0.0590. The first-order chi connectivity index (χ1) is 14.6. The van der Waals surface area contributed by atoms with E-state index in [9.17, 15) is 27.6 Å². The molecule has 0 unspecified atom stereocenters. The molecule has 3 rings (SSSR count). The molecule has 0 atom stereocenters. The number of halogens is 3. The Kier molecular flexibility index (Phi) is 6.92. The Labute approximate surface area is 177 Å². The Balaban J connectivity index is 1.49. The molecule has 10 nitrogen and oxygen atoms in total. The lowest BCUT2D eigenvalue weighted by Crippen LogP contribution is -2.53. The number of aromatic nitrogens is 3. The quantitative estimate of drug-likeness (QED) is 0.668. The normalized spacial score (nSPS) is 19.0. The van der Waals surface area contributed by atoms with E-state index >= 15 is 0 Å². The molecule has 0 spiro atoms. The molecule has 2 amide bonds. The van der Waals surface area contributed by atoms with Crippen LogP contribution in [0.3, 0.4) is 0 Å². The van der Waals surface area contributed by atoms with Crippen molar-refractivity contribution in [3.05, 3.63) is 16.3 Å². The Morgan fingerprint density at radius 3 is 2.16 bits per heavy atom. The summed E-state index contributed by atoms with van der Waals surface area (Å²) in [5.41, 5.74) is -0.790. The highest BCUT2D eigenvalue weighted by atomic mass is 19.4. The van der Waals surface area contributed by atoms with Gasteiger partial charge in [-0.25, -0.2) is 14.3 Å². The molecule has 0 saturated carbocycles. The van der Waals surface area contributed by atoms with E-state index in [1.54, 1.807) is 16.7 Å². The van der Waals surface area contributed by atoms with Gasteiger partial charge in [0, 0.05) is 46.3 Å². The SMILES string of the molecule is CCOC(=O)N1CCN(C(=O)CN2CCC(n3nc(C(F)(F)F)n(C)c3=O)CC2)CC1. The molecule has 0 aromatic carbocycles. The molecular formula is C18H27F3N6O4. The Bertz CT molecular complexity index is 851. The van der Waals surface area contributed by atoms with Crippen LogP contribution in [-0.4, -0.2) is 93.5 Å². The number of alkyl halides is 3. The van der Waals surface area contributed by atoms with Crippen LogP contribution in [0.15, 0.2) is 4.79 Å². The van der Waals surface area contributed by atoms with Crippen LogP contribution < -0.4 is 5.69 Å². The van der Waals surface area contributed by atoms with E-state index in [2.05, 4.69) is 5.10 Å². The minimum atomic E-state index is -4.69. The largest absolute Gasteiger partial charge is 0.451 e. The van der Waals surface area contributed by atoms with Crippen LogP contribution in [0.1, 0.15) is 31.6 Å². The molecule has 2 saturated heterocycles. The summed E-state index contributed by atoms with van der Waals surface area (Å²) in [4.78, 5) is 41.7. The molecule has 2 fully saturated rings. The van der Waals surface area contributed by atoms with Gasteiger partial charge >= 0.3 is 18.0 Å². The fraction of sp³-hybridized carbons (Fsp3) is 0.778. The first kappa shape index (κ1) is 23.1. The molecule has 2 aliphatic rings. The van der Waals surface area contributed by atoms with Crippen LogP contribution in [0.2, 0.25) is 0 Å². The summed E-state index contributed by atoms with van der Waals surface area (Å²) >= 11 is 0. The topological polar surface area (TPSA) is 92.9 Å². The predicted molar refractivity (Wildman–Crippen MR) is 102 cm³/mol. The van der Waals surface area contributed by atoms with Crippen molar-refractivity contribution >= 4 is 12.0 Å². The number of piperazine rings is 1. The second-order valence-corrected chi connectivity index (χ2v) is 7.68. The highest BCUT2D eigenvalue weighted by molar-refractivity contribution is 5.78. The number of likely N-dealkylation sites (tertiary alicyclic amines) is 1. The molecule has 1 aromatic rings. The maximum absolute atomic E-state index is 13.0. The molecule has 13 heteroatoms. The number of rotatable bonds is 4. The summed E-state index contributed by atoms with van der Waals surface area (Å²) in [5, 5.41) is 3.50. The number of piperidine rings is 1. The number of hydrogen-bond donors (Lipinski definition) is 0. The standard InChI is InChI=1S/C18H27F3N6O4/c1-3-31-17(30)26-10-8-25(9-11-26)14(28)12-24-6-4-13(5-7-24)27-16(29)23(2)15(22-27)18(19,20)21/h13H,3-12H2,1-2H3. The number of amides is 2. The van der Waals surface area contributed by atoms with Gasteiger partial charge in [0.25, 0.3) is 0 Å². The van der Waals surface area contributed by atoms with Crippen molar-refractivity contribution < 1.29 is 27.5 Å². The summed E-state index contributed by atoms with van der Waals surface area (Å²) < 4.78 is 45.3. The number of ether oxygens (including phenoxy) is 1. The highest BCUT2D eigenvalue weighted by Gasteiger charge is 2.39. The van der Waals surface area contributed by atoms with Crippen LogP contribution in [0, 0.1) is 0 Å². The van der Waals surface area contributed by atoms with E-state index in [0.29, 0.717) is 63.3 Å². The third-order valence-corrected chi connectivity index (χ3v) is 5.68. The minimum Gasteiger partial charge on any atom is -0.450 e. The van der Waals surface area contributed by atoms with Gasteiger partial charge < -0.3 is 14.5 Å². The van der Waals surface area contributed by atoms with Gasteiger partial charge in [-0.3, -0.25) is 14.3 Å². The predicted octanol–water partition coefficient (Wildman–Crippen LogP) is 0.538. The van der Waals surface area contributed by atoms with Crippen molar-refractivity contribution in [2.45, 2.75) is 32.0 Å². The number of carbonyl (C=O) groups excluding carboxylic acids is 2. The summed E-state index contributed by atoms with van der Waals surface area (Å²) in [6.07, 6.45) is -4.21. The Morgan fingerprint density at radius 1 is 1.06 bits per heavy atom. The lowest BCUT2D eigenvalue weighted by atomic mass is 10.1. The first-order valence-corrected chi connectivity index (χ1v) is 10.3. The summed E-state index contributed by atoms with van der Waals surface area (Å²) in [6.45, 7) is 4.86. The van der Waals surface area contributed by atoms with Crippen molar-refractivity contribution in [1.29, 1.82) is 0 Å². The van der Waals surface area contributed by atoms with Crippen molar-refractivity contribution in [3.63, 3.8) is 0 Å². The van der Waals surface area contributed by atoms with Crippen LogP contribution in [0.25, 0.3) is 0 Å². The van der Waals surface area contributed by atoms with E-state index in [1.807, 2.05) is 4.90 Å². The zero-order valence-corrected chi connectivity index (χ0v) is 17.6. The van der Waals surface area contributed by atoms with Gasteiger partial charge in [-0.05, 0) is 19.8 Å². The Hall–Kier alpha value is -2.57. The van der Waals surface area contributed by atoms with Crippen LogP contribution >= 0.6 is 0 Å². The van der Waals surface area contributed by atoms with Gasteiger partial charge in [0.05, 0.1) is 19.2 Å². The van der Waals surface area contributed by atoms with Crippen molar-refractivity contribution in [2.24, 2.45) is 7.05 Å². The van der Waals surface area contributed by atoms with Gasteiger partial charge in [-0.1, -0.05) is 0 Å². The fourth-order valence-electron chi connectivity index (χ4n) is 3.91. The number of nitrogens with zero attached hydrogens (tertiary/aromatic N) is 6. The zero-order valence-electron chi connectivity index (χ0n) is 17.6. The van der Waals surface area contributed by atoms with Crippen LogP contribution in [-0.2, 0) is 22.8 Å². The molecule has 0 aliphatic carbocycles. The van der Waals surface area contributed by atoms with Crippen LogP contribution in [0.5, 0.6) is 0 Å². The van der Waals surface area contributed by atoms with Gasteiger partial charge in [0.15, 0.2) is 0 Å². The molecule has 1 aromatic heterocycles. The summed E-state index contributed by atoms with van der Waals surface area (Å²) in [7, 11) is 1.06. The smallest absolute Gasteiger partial charge is 0.450 e. The highest BCUT2D eigenvalue weighted by Crippen LogP contribution is 2.28. The van der Waals surface area contributed by atoms with Crippen molar-refractivity contribution in [1.82, 2.24) is 29.0 Å². The molecule has 31 heavy (non-hydrogen) atoms. The second-order valence-electron chi connectivity index (χ2n) is 7.68. The molecule has 2 aliphatic heterocycles. The molecule has 0 radical (unpaired) electrons. The third kappa shape index (κ3) is 5.20. The van der Waals surface area contributed by atoms with Crippen LogP contribution in [0.4, 0.5) is 18.0 Å². The zero-order chi connectivity index (χ0) is 22.8. The summed E-state index contributed by atoms with van der Waals surface area (Å²) in [5.74, 6) is -1.27. The van der Waals surface area contributed by atoms with E-state index < -0.39 is 23.7 Å². The van der Waals surface area contributed by atoms with Gasteiger partial charge in [-0.2, -0.15) is 13.2 Å². The average molecular weight is 448 g/mol. The molecule has 0 bridgehead atoms. The molecule has 3 heterocycles. The lowest BCUT2D eigenvalue weighted by Gasteiger charge is -2.36. The van der Waals surface area contributed by atoms with E-state index in [4.69, 9.17) is 4.74 Å². The molecule has 0 N–H and O–H groups in total. The maximum atomic E-state index is 13.0. The third-order valence-electron chi connectivity index (χ3n) is 5.68. The van der Waals surface area contributed by atoms with Crippen molar-refractivity contribution in [2.75, 3.05) is 52.4 Å². The fourth-order valence-corrected chi connectivity index (χ4v) is 3.91. The Morgan fingerprint density at radius 2 is 1.65 bits per heavy atom. The average Bonchev–Trinajstić information content (AvgIpc) is 3.04. The van der Waals surface area contributed by atoms with E-state index in [0.717, 1.165) is 11.7 Å². The number of hydrogen-bond acceptors (Lipinski definition) is 6. The first-order valence-electron chi connectivity index (χ1n) is 10.3. The van der Waals surface area contributed by atoms with E-state index in [1.165, 1.54) is 0 Å².